The quantitative estimate of drug-likeness (QED) is 0.828. The van der Waals surface area contributed by atoms with Gasteiger partial charge in [0.1, 0.15) is 0 Å². The van der Waals surface area contributed by atoms with Gasteiger partial charge in [0.15, 0.2) is 5.69 Å². The summed E-state index contributed by atoms with van der Waals surface area (Å²) in [6, 6.07) is 1.35. The molecule has 92 valence electrons. The molecular formula is C11H15N3O3. The lowest BCUT2D eigenvalue weighted by Gasteiger charge is -2.20. The van der Waals surface area contributed by atoms with Gasteiger partial charge >= 0.3 is 5.97 Å². The van der Waals surface area contributed by atoms with Crippen LogP contribution in [0.5, 0.6) is 0 Å². The molecule has 0 aromatic carbocycles. The summed E-state index contributed by atoms with van der Waals surface area (Å²) in [6.07, 6.45) is 6.59. The number of hydrogen-bond acceptors (Lipinski definition) is 3. The Morgan fingerprint density at radius 1 is 1.35 bits per heavy atom. The first kappa shape index (κ1) is 11.6. The maximum absolute atomic E-state index is 11.8. The van der Waals surface area contributed by atoms with Crippen LogP contribution in [-0.2, 0) is 4.79 Å². The number of carbonyl (C=O) groups is 2. The van der Waals surface area contributed by atoms with E-state index in [0.717, 1.165) is 25.7 Å². The monoisotopic (exact) mass is 237 g/mol. The molecule has 1 fully saturated rings. The number of amides is 1. The van der Waals surface area contributed by atoms with Crippen molar-refractivity contribution in [2.45, 2.75) is 32.1 Å². The molecule has 6 heteroatoms. The van der Waals surface area contributed by atoms with Gasteiger partial charge in [0.2, 0.25) is 5.91 Å². The van der Waals surface area contributed by atoms with E-state index in [2.05, 4.69) is 10.5 Å². The van der Waals surface area contributed by atoms with Crippen LogP contribution < -0.4 is 5.43 Å². The van der Waals surface area contributed by atoms with Crippen molar-refractivity contribution < 1.29 is 14.7 Å². The Morgan fingerprint density at radius 3 is 2.65 bits per heavy atom. The Kier molecular flexibility index (Phi) is 3.41. The fourth-order valence-corrected chi connectivity index (χ4v) is 2.07. The second kappa shape index (κ2) is 4.99. The molecule has 0 spiro atoms. The summed E-state index contributed by atoms with van der Waals surface area (Å²) in [5.74, 6) is -1.15. The van der Waals surface area contributed by atoms with Crippen molar-refractivity contribution in [1.29, 1.82) is 0 Å². The van der Waals surface area contributed by atoms with E-state index in [1.165, 1.54) is 23.5 Å². The van der Waals surface area contributed by atoms with Crippen LogP contribution in [0.25, 0.3) is 0 Å². The van der Waals surface area contributed by atoms with Crippen molar-refractivity contribution in [3.8, 4) is 0 Å². The van der Waals surface area contributed by atoms with Crippen LogP contribution in [0.2, 0.25) is 0 Å². The zero-order valence-electron chi connectivity index (χ0n) is 9.43. The summed E-state index contributed by atoms with van der Waals surface area (Å²) >= 11 is 0. The van der Waals surface area contributed by atoms with Gasteiger partial charge in [-0.25, -0.2) is 10.2 Å². The minimum atomic E-state index is -1.10. The van der Waals surface area contributed by atoms with E-state index in [4.69, 9.17) is 5.11 Å². The molecule has 1 aliphatic rings. The van der Waals surface area contributed by atoms with Gasteiger partial charge < -0.3 is 5.11 Å². The molecule has 0 bridgehead atoms. The van der Waals surface area contributed by atoms with Gasteiger partial charge in [-0.3, -0.25) is 4.79 Å². The highest BCUT2D eigenvalue weighted by molar-refractivity contribution is 5.87. The lowest BCUT2D eigenvalue weighted by atomic mass is 9.89. The highest BCUT2D eigenvalue weighted by Gasteiger charge is 2.21. The number of aromatic nitrogens is 2. The number of carbonyl (C=O) groups excluding carboxylic acids is 1. The zero-order valence-corrected chi connectivity index (χ0v) is 9.43. The maximum Gasteiger partial charge on any atom is 0.356 e. The summed E-state index contributed by atoms with van der Waals surface area (Å²) in [4.78, 5) is 23.6. The Labute approximate surface area is 98.6 Å². The number of nitrogens with one attached hydrogen (secondary N) is 1. The Hall–Kier alpha value is -1.85. The molecule has 0 atom stereocenters. The van der Waals surface area contributed by atoms with Crippen LogP contribution in [0.15, 0.2) is 12.3 Å². The number of carboxylic acids is 1. The van der Waals surface area contributed by atoms with Crippen LogP contribution in [0.4, 0.5) is 0 Å². The molecule has 1 amide bonds. The van der Waals surface area contributed by atoms with Crippen molar-refractivity contribution >= 4 is 11.9 Å². The molecule has 2 N–H and O–H groups in total. The van der Waals surface area contributed by atoms with E-state index in [1.807, 2.05) is 0 Å². The molecule has 1 aromatic heterocycles. The van der Waals surface area contributed by atoms with Gasteiger partial charge in [0.05, 0.1) is 0 Å². The molecule has 1 aromatic rings. The summed E-state index contributed by atoms with van der Waals surface area (Å²) in [5.41, 5.74) is 2.52. The third-order valence-electron chi connectivity index (χ3n) is 3.01. The average molecular weight is 237 g/mol. The first-order chi connectivity index (χ1) is 8.16. The molecule has 0 unspecified atom stereocenters. The normalized spacial score (nSPS) is 16.7. The van der Waals surface area contributed by atoms with E-state index in [0.29, 0.717) is 0 Å². The highest BCUT2D eigenvalue weighted by atomic mass is 16.4. The summed E-state index contributed by atoms with van der Waals surface area (Å²) in [6.45, 7) is 0. The predicted octanol–water partition coefficient (Wildman–Crippen LogP) is 1.23. The van der Waals surface area contributed by atoms with Gasteiger partial charge in [0.25, 0.3) is 0 Å². The molecule has 17 heavy (non-hydrogen) atoms. The fraction of sp³-hybridized carbons (Fsp3) is 0.545. The standard InChI is InChI=1S/C11H15N3O3/c15-10(8-4-2-1-3-5-8)13-14-7-6-9(12-14)11(16)17/h6-8H,1-5H2,(H,13,15)(H,16,17). The van der Waals surface area contributed by atoms with Crippen molar-refractivity contribution in [3.63, 3.8) is 0 Å². The van der Waals surface area contributed by atoms with Gasteiger partial charge in [-0.1, -0.05) is 19.3 Å². The zero-order chi connectivity index (χ0) is 12.3. The number of carboxylic acid groups (broad SMARTS) is 1. The summed E-state index contributed by atoms with van der Waals surface area (Å²) in [5, 5.41) is 12.4. The molecule has 1 saturated carbocycles. The van der Waals surface area contributed by atoms with Gasteiger partial charge in [-0.05, 0) is 18.9 Å². The summed E-state index contributed by atoms with van der Waals surface area (Å²) < 4.78 is 0. The topological polar surface area (TPSA) is 84.2 Å². The lowest BCUT2D eigenvalue weighted by Crippen LogP contribution is -2.31. The van der Waals surface area contributed by atoms with Crippen molar-refractivity contribution in [1.82, 2.24) is 9.89 Å². The predicted molar refractivity (Wildman–Crippen MR) is 60.1 cm³/mol. The van der Waals surface area contributed by atoms with Gasteiger partial charge in [0, 0.05) is 12.1 Å². The molecule has 0 saturated heterocycles. The fourth-order valence-electron chi connectivity index (χ4n) is 2.07. The van der Waals surface area contributed by atoms with Crippen molar-refractivity contribution in [2.75, 3.05) is 5.43 Å². The summed E-state index contributed by atoms with van der Waals surface area (Å²) in [7, 11) is 0. The second-order valence-corrected chi connectivity index (χ2v) is 4.26. The van der Waals surface area contributed by atoms with Crippen LogP contribution >= 0.6 is 0 Å². The molecule has 2 rings (SSSR count). The lowest BCUT2D eigenvalue weighted by molar-refractivity contribution is -0.121. The van der Waals surface area contributed by atoms with E-state index >= 15 is 0 Å². The number of hydrogen-bond donors (Lipinski definition) is 2. The van der Waals surface area contributed by atoms with Gasteiger partial charge in [-0.2, -0.15) is 4.79 Å². The third-order valence-corrected chi connectivity index (χ3v) is 3.01. The second-order valence-electron chi connectivity index (χ2n) is 4.26. The number of rotatable bonds is 3. The molecule has 0 aliphatic heterocycles. The SMILES string of the molecule is O=C(O)c1ccn(NC(=O)C2CCCCC2)n1. The van der Waals surface area contributed by atoms with Crippen LogP contribution in [-0.4, -0.2) is 26.9 Å². The van der Waals surface area contributed by atoms with Crippen molar-refractivity contribution in [3.05, 3.63) is 18.0 Å². The first-order valence-corrected chi connectivity index (χ1v) is 5.76. The molecule has 1 heterocycles. The Bertz CT molecular complexity index is 421. The Morgan fingerprint density at radius 2 is 2.06 bits per heavy atom. The van der Waals surface area contributed by atoms with Crippen LogP contribution in [0.1, 0.15) is 42.6 Å². The molecule has 6 nitrogen and oxygen atoms in total. The largest absolute Gasteiger partial charge is 0.476 e. The van der Waals surface area contributed by atoms with E-state index in [9.17, 15) is 9.59 Å². The van der Waals surface area contributed by atoms with E-state index in [-0.39, 0.29) is 17.5 Å². The van der Waals surface area contributed by atoms with Crippen molar-refractivity contribution in [2.24, 2.45) is 5.92 Å². The minimum absolute atomic E-state index is 0.0289. The number of nitrogens with zero attached hydrogens (tertiary/aromatic N) is 2. The minimum Gasteiger partial charge on any atom is -0.476 e. The molecule has 0 radical (unpaired) electrons. The van der Waals surface area contributed by atoms with E-state index in [1.54, 1.807) is 0 Å². The maximum atomic E-state index is 11.8. The van der Waals surface area contributed by atoms with E-state index < -0.39 is 5.97 Å². The molecule has 1 aliphatic carbocycles. The third kappa shape index (κ3) is 2.83. The highest BCUT2D eigenvalue weighted by Crippen LogP contribution is 2.23. The Balaban J connectivity index is 1.94. The smallest absolute Gasteiger partial charge is 0.356 e. The van der Waals surface area contributed by atoms with Crippen LogP contribution in [0.3, 0.4) is 0 Å². The number of aromatic carboxylic acids is 1. The van der Waals surface area contributed by atoms with Gasteiger partial charge in [-0.15, -0.1) is 5.10 Å². The molecular weight excluding hydrogens is 222 g/mol. The average Bonchev–Trinajstić information content (AvgIpc) is 2.79. The first-order valence-electron chi connectivity index (χ1n) is 5.76. The van der Waals surface area contributed by atoms with Crippen LogP contribution in [0, 0.1) is 5.92 Å².